The van der Waals surface area contributed by atoms with Crippen LogP contribution in [0.15, 0.2) is 72.8 Å². The number of methoxy groups -OCH3 is 1. The second kappa shape index (κ2) is 8.92. The molecule has 1 N–H and O–H groups in total. The van der Waals surface area contributed by atoms with Crippen molar-refractivity contribution >= 4 is 23.2 Å². The molecule has 0 radical (unpaired) electrons. The molecule has 2 amide bonds. The lowest BCUT2D eigenvalue weighted by molar-refractivity contribution is -0.119. The number of anilines is 2. The van der Waals surface area contributed by atoms with Gasteiger partial charge in [0, 0.05) is 18.7 Å². The van der Waals surface area contributed by atoms with Gasteiger partial charge in [-0.3, -0.25) is 9.59 Å². The highest BCUT2D eigenvalue weighted by Gasteiger charge is 2.33. The van der Waals surface area contributed by atoms with Gasteiger partial charge in [0.05, 0.1) is 18.4 Å². The topological polar surface area (TPSA) is 67.9 Å². The van der Waals surface area contributed by atoms with Crippen molar-refractivity contribution in [2.45, 2.75) is 12.8 Å². The van der Waals surface area contributed by atoms with Crippen molar-refractivity contribution in [1.82, 2.24) is 0 Å². The average Bonchev–Trinajstić information content (AvgIpc) is 3.65. The van der Waals surface area contributed by atoms with Crippen LogP contribution in [0.5, 0.6) is 17.2 Å². The van der Waals surface area contributed by atoms with Gasteiger partial charge in [-0.15, -0.1) is 0 Å². The highest BCUT2D eigenvalue weighted by atomic mass is 16.5. The fourth-order valence-corrected chi connectivity index (χ4v) is 3.32. The van der Waals surface area contributed by atoms with Crippen LogP contribution in [0.25, 0.3) is 0 Å². The van der Waals surface area contributed by atoms with Crippen LogP contribution >= 0.6 is 0 Å². The van der Waals surface area contributed by atoms with Crippen LogP contribution in [-0.4, -0.2) is 26.0 Å². The quantitative estimate of drug-likeness (QED) is 0.581. The van der Waals surface area contributed by atoms with Crippen molar-refractivity contribution in [3.63, 3.8) is 0 Å². The zero-order valence-corrected chi connectivity index (χ0v) is 17.5. The Labute approximate surface area is 181 Å². The molecule has 1 fully saturated rings. The normalized spacial score (nSPS) is 12.7. The van der Waals surface area contributed by atoms with Crippen LogP contribution in [0.2, 0.25) is 0 Å². The minimum absolute atomic E-state index is 0.0538. The van der Waals surface area contributed by atoms with Crippen LogP contribution in [0.3, 0.4) is 0 Å². The van der Waals surface area contributed by atoms with Gasteiger partial charge in [-0.2, -0.15) is 0 Å². The molecular weight excluding hydrogens is 392 g/mol. The largest absolute Gasteiger partial charge is 0.493 e. The van der Waals surface area contributed by atoms with Crippen LogP contribution < -0.4 is 19.7 Å². The van der Waals surface area contributed by atoms with Gasteiger partial charge < -0.3 is 19.7 Å². The minimum atomic E-state index is -0.274. The van der Waals surface area contributed by atoms with E-state index in [9.17, 15) is 9.59 Å². The summed E-state index contributed by atoms with van der Waals surface area (Å²) in [5, 5.41) is 2.89. The first-order valence-electron chi connectivity index (χ1n) is 10.2. The molecule has 1 aliphatic rings. The summed E-state index contributed by atoms with van der Waals surface area (Å²) in [7, 11) is 3.31. The van der Waals surface area contributed by atoms with E-state index in [0.717, 1.165) is 12.8 Å². The zero-order valence-electron chi connectivity index (χ0n) is 17.5. The number of carbonyl (C=O) groups excluding carboxylic acids is 2. The van der Waals surface area contributed by atoms with Crippen molar-refractivity contribution in [3.05, 3.63) is 78.4 Å². The number of para-hydroxylation sites is 3. The number of nitrogens with one attached hydrogen (secondary N) is 1. The maximum atomic E-state index is 12.9. The fraction of sp³-hybridized carbons (Fsp3) is 0.200. The van der Waals surface area contributed by atoms with E-state index in [1.807, 2.05) is 30.3 Å². The van der Waals surface area contributed by atoms with Gasteiger partial charge in [0.25, 0.3) is 5.91 Å². The van der Waals surface area contributed by atoms with Gasteiger partial charge in [-0.05, 0) is 61.4 Å². The molecule has 0 heterocycles. The molecule has 0 unspecified atom stereocenters. The Balaban J connectivity index is 1.46. The van der Waals surface area contributed by atoms with Crippen LogP contribution in [0.1, 0.15) is 23.2 Å². The smallest absolute Gasteiger partial charge is 0.257 e. The van der Waals surface area contributed by atoms with E-state index in [-0.39, 0.29) is 17.7 Å². The van der Waals surface area contributed by atoms with E-state index in [1.165, 1.54) is 0 Å². The van der Waals surface area contributed by atoms with E-state index < -0.39 is 0 Å². The lowest BCUT2D eigenvalue weighted by Crippen LogP contribution is -2.29. The molecule has 158 valence electrons. The second-order valence-electron chi connectivity index (χ2n) is 7.42. The first-order chi connectivity index (χ1) is 15.1. The summed E-state index contributed by atoms with van der Waals surface area (Å²) in [6.07, 6.45) is 1.83. The summed E-state index contributed by atoms with van der Waals surface area (Å²) in [5.74, 6) is 1.73. The molecule has 6 heteroatoms. The molecule has 0 saturated heterocycles. The molecule has 1 aliphatic carbocycles. The molecule has 6 nitrogen and oxygen atoms in total. The van der Waals surface area contributed by atoms with E-state index in [4.69, 9.17) is 9.47 Å². The number of benzene rings is 3. The Bertz CT molecular complexity index is 1090. The van der Waals surface area contributed by atoms with Crippen LogP contribution in [0.4, 0.5) is 11.4 Å². The molecule has 0 atom stereocenters. The minimum Gasteiger partial charge on any atom is -0.493 e. The maximum Gasteiger partial charge on any atom is 0.257 e. The lowest BCUT2D eigenvalue weighted by Gasteiger charge is -2.20. The van der Waals surface area contributed by atoms with Gasteiger partial charge in [0.1, 0.15) is 5.75 Å². The highest BCUT2D eigenvalue weighted by molar-refractivity contribution is 6.10. The molecule has 3 aromatic carbocycles. The van der Waals surface area contributed by atoms with Gasteiger partial charge in [-0.25, -0.2) is 0 Å². The standard InChI is InChI=1S/C25H24N2O4/c1-27(25(29)17-11-12-17)21-8-4-3-7-20(21)24(28)26-18-13-15-19(16-14-18)31-23-10-6-5-9-22(23)30-2/h3-10,13-17H,11-12H2,1-2H3,(H,26,28). The van der Waals surface area contributed by atoms with Gasteiger partial charge in [0.2, 0.25) is 5.91 Å². The number of hydrogen-bond acceptors (Lipinski definition) is 4. The first kappa shape index (κ1) is 20.5. The van der Waals surface area contributed by atoms with Crippen molar-refractivity contribution in [2.24, 2.45) is 5.92 Å². The summed E-state index contributed by atoms with van der Waals surface area (Å²) >= 11 is 0. The molecule has 0 spiro atoms. The SMILES string of the molecule is COc1ccccc1Oc1ccc(NC(=O)c2ccccc2N(C)C(=O)C2CC2)cc1. The molecule has 0 bridgehead atoms. The number of ether oxygens (including phenoxy) is 2. The molecule has 0 aromatic heterocycles. The van der Waals surface area contributed by atoms with Gasteiger partial charge in [0.15, 0.2) is 11.5 Å². The number of carbonyl (C=O) groups is 2. The third-order valence-electron chi connectivity index (χ3n) is 5.18. The number of amides is 2. The molecule has 0 aliphatic heterocycles. The van der Waals surface area contributed by atoms with Crippen LogP contribution in [0, 0.1) is 5.92 Å². The Hall–Kier alpha value is -3.80. The summed E-state index contributed by atoms with van der Waals surface area (Å²) < 4.78 is 11.2. The lowest BCUT2D eigenvalue weighted by atomic mass is 10.1. The molecule has 3 aromatic rings. The fourth-order valence-electron chi connectivity index (χ4n) is 3.32. The summed E-state index contributed by atoms with van der Waals surface area (Å²) in [6.45, 7) is 0. The number of nitrogens with zero attached hydrogens (tertiary/aromatic N) is 1. The average molecular weight is 416 g/mol. The van der Waals surface area contributed by atoms with Crippen molar-refractivity contribution in [3.8, 4) is 17.2 Å². The van der Waals surface area contributed by atoms with Crippen molar-refractivity contribution < 1.29 is 19.1 Å². The molecule has 31 heavy (non-hydrogen) atoms. The highest BCUT2D eigenvalue weighted by Crippen LogP contribution is 2.34. The molecular formula is C25H24N2O4. The predicted molar refractivity (Wildman–Crippen MR) is 120 cm³/mol. The first-order valence-corrected chi connectivity index (χ1v) is 10.2. The number of rotatable bonds is 7. The zero-order chi connectivity index (χ0) is 21.8. The Morgan fingerprint density at radius 2 is 1.55 bits per heavy atom. The third-order valence-corrected chi connectivity index (χ3v) is 5.18. The van der Waals surface area contributed by atoms with E-state index in [1.54, 1.807) is 61.5 Å². The summed E-state index contributed by atoms with van der Waals surface area (Å²) in [6, 6.07) is 21.6. The maximum absolute atomic E-state index is 12.9. The molecule has 1 saturated carbocycles. The van der Waals surface area contributed by atoms with Gasteiger partial charge >= 0.3 is 0 Å². The predicted octanol–water partition coefficient (Wildman–Crippen LogP) is 5.11. The van der Waals surface area contributed by atoms with E-state index >= 15 is 0 Å². The van der Waals surface area contributed by atoms with Crippen LogP contribution in [-0.2, 0) is 4.79 Å². The Kier molecular flexibility index (Phi) is 5.89. The van der Waals surface area contributed by atoms with E-state index in [2.05, 4.69) is 5.32 Å². The molecule has 4 rings (SSSR count). The van der Waals surface area contributed by atoms with Crippen molar-refractivity contribution in [2.75, 3.05) is 24.4 Å². The van der Waals surface area contributed by atoms with E-state index in [0.29, 0.717) is 34.2 Å². The Morgan fingerprint density at radius 3 is 2.23 bits per heavy atom. The summed E-state index contributed by atoms with van der Waals surface area (Å²) in [5.41, 5.74) is 1.68. The Morgan fingerprint density at radius 1 is 0.903 bits per heavy atom. The second-order valence-corrected chi connectivity index (χ2v) is 7.42. The van der Waals surface area contributed by atoms with Gasteiger partial charge in [-0.1, -0.05) is 24.3 Å². The monoisotopic (exact) mass is 416 g/mol. The summed E-state index contributed by atoms with van der Waals surface area (Å²) in [4.78, 5) is 26.9. The number of hydrogen-bond donors (Lipinski definition) is 1. The third kappa shape index (κ3) is 4.69. The van der Waals surface area contributed by atoms with Crippen molar-refractivity contribution in [1.29, 1.82) is 0 Å².